The average Bonchev–Trinajstić information content (AvgIpc) is 2.96. The first kappa shape index (κ1) is 13.9. The van der Waals surface area contributed by atoms with Crippen LogP contribution in [0.4, 0.5) is 5.82 Å². The van der Waals surface area contributed by atoms with E-state index in [9.17, 15) is 0 Å². The highest BCUT2D eigenvalue weighted by atomic mass is 35.5. The van der Waals surface area contributed by atoms with Crippen molar-refractivity contribution in [3.05, 3.63) is 52.6 Å². The molecule has 5 heteroatoms. The van der Waals surface area contributed by atoms with Crippen LogP contribution in [0.5, 0.6) is 0 Å². The molecule has 104 valence electrons. The minimum absolute atomic E-state index is 0.709. The van der Waals surface area contributed by atoms with Crippen molar-refractivity contribution >= 4 is 39.0 Å². The number of aromatic nitrogens is 2. The van der Waals surface area contributed by atoms with Gasteiger partial charge in [-0.25, -0.2) is 9.97 Å². The minimum Gasteiger partial charge on any atom is -0.368 e. The first-order chi connectivity index (χ1) is 10.3. The molecule has 3 nitrogen and oxygen atoms in total. The van der Waals surface area contributed by atoms with Crippen molar-refractivity contribution < 1.29 is 0 Å². The molecule has 21 heavy (non-hydrogen) atoms. The molecule has 0 bridgehead atoms. The lowest BCUT2D eigenvalue weighted by atomic mass is 10.2. The van der Waals surface area contributed by atoms with Gasteiger partial charge in [0, 0.05) is 23.6 Å². The van der Waals surface area contributed by atoms with Crippen LogP contribution in [-0.4, -0.2) is 16.5 Å². The molecule has 0 aliphatic carbocycles. The van der Waals surface area contributed by atoms with Gasteiger partial charge in [-0.05, 0) is 29.6 Å². The Balaban J connectivity index is 1.59. The molecular formula is C16H12ClN3S. The van der Waals surface area contributed by atoms with Crippen LogP contribution in [0.2, 0.25) is 5.02 Å². The van der Waals surface area contributed by atoms with Gasteiger partial charge >= 0.3 is 0 Å². The molecular weight excluding hydrogens is 302 g/mol. The van der Waals surface area contributed by atoms with E-state index in [-0.39, 0.29) is 0 Å². The lowest BCUT2D eigenvalue weighted by Crippen LogP contribution is -2.02. The molecule has 1 aromatic carbocycles. The number of rotatable bonds is 3. The smallest absolute Gasteiger partial charge is 0.138 e. The lowest BCUT2D eigenvalue weighted by molar-refractivity contribution is 1.07. The summed E-state index contributed by atoms with van der Waals surface area (Å²) in [6.45, 7) is 0.746. The average molecular weight is 314 g/mol. The van der Waals surface area contributed by atoms with Crippen molar-refractivity contribution in [3.63, 3.8) is 0 Å². The SMILES string of the molecule is Clc1cccc(C#CCCNc2ncnc3sccc23)c1. The third-order valence-electron chi connectivity index (χ3n) is 2.86. The summed E-state index contributed by atoms with van der Waals surface area (Å²) in [5.41, 5.74) is 0.935. The van der Waals surface area contributed by atoms with Crippen molar-refractivity contribution in [2.24, 2.45) is 0 Å². The molecule has 3 aromatic rings. The maximum absolute atomic E-state index is 5.92. The number of hydrogen-bond acceptors (Lipinski definition) is 4. The summed E-state index contributed by atoms with van der Waals surface area (Å²) < 4.78 is 0. The van der Waals surface area contributed by atoms with Crippen molar-refractivity contribution in [3.8, 4) is 11.8 Å². The van der Waals surface area contributed by atoms with E-state index in [0.717, 1.165) is 34.6 Å². The Hall–Kier alpha value is -2.09. The first-order valence-electron chi connectivity index (χ1n) is 6.49. The van der Waals surface area contributed by atoms with E-state index in [2.05, 4.69) is 27.1 Å². The van der Waals surface area contributed by atoms with Crippen LogP contribution < -0.4 is 5.32 Å². The van der Waals surface area contributed by atoms with Gasteiger partial charge in [0.25, 0.3) is 0 Å². The third-order valence-corrected chi connectivity index (χ3v) is 3.92. The molecule has 0 aliphatic rings. The largest absolute Gasteiger partial charge is 0.368 e. The van der Waals surface area contributed by atoms with Gasteiger partial charge in [0.15, 0.2) is 0 Å². The molecule has 0 saturated heterocycles. The number of thiophene rings is 1. The molecule has 1 N–H and O–H groups in total. The Labute approximate surface area is 132 Å². The quantitative estimate of drug-likeness (QED) is 0.582. The fourth-order valence-corrected chi connectivity index (χ4v) is 2.83. The Kier molecular flexibility index (Phi) is 4.34. The monoisotopic (exact) mass is 313 g/mol. The highest BCUT2D eigenvalue weighted by Gasteiger charge is 2.02. The van der Waals surface area contributed by atoms with E-state index in [4.69, 9.17) is 11.6 Å². The van der Waals surface area contributed by atoms with Crippen LogP contribution in [0.25, 0.3) is 10.2 Å². The zero-order chi connectivity index (χ0) is 14.5. The maximum Gasteiger partial charge on any atom is 0.138 e. The number of anilines is 1. The predicted molar refractivity (Wildman–Crippen MR) is 88.9 cm³/mol. The summed E-state index contributed by atoms with van der Waals surface area (Å²) >= 11 is 7.53. The Morgan fingerprint density at radius 3 is 3.10 bits per heavy atom. The topological polar surface area (TPSA) is 37.8 Å². The third kappa shape index (κ3) is 3.52. The molecule has 0 aliphatic heterocycles. The second-order valence-corrected chi connectivity index (χ2v) is 5.68. The summed E-state index contributed by atoms with van der Waals surface area (Å²) in [5.74, 6) is 7.09. The van der Waals surface area contributed by atoms with Gasteiger partial charge in [-0.2, -0.15) is 0 Å². The van der Waals surface area contributed by atoms with Crippen LogP contribution >= 0.6 is 22.9 Å². The van der Waals surface area contributed by atoms with E-state index in [0.29, 0.717) is 5.02 Å². The fraction of sp³-hybridized carbons (Fsp3) is 0.125. The van der Waals surface area contributed by atoms with E-state index in [1.165, 1.54) is 0 Å². The van der Waals surface area contributed by atoms with Gasteiger partial charge in [-0.15, -0.1) is 11.3 Å². The first-order valence-corrected chi connectivity index (χ1v) is 7.75. The maximum atomic E-state index is 5.92. The molecule has 0 amide bonds. The number of benzene rings is 1. The number of halogens is 1. The van der Waals surface area contributed by atoms with Crippen molar-refractivity contribution in [2.75, 3.05) is 11.9 Å². The second-order valence-electron chi connectivity index (χ2n) is 4.35. The molecule has 0 radical (unpaired) electrons. The summed E-state index contributed by atoms with van der Waals surface area (Å²) in [5, 5.41) is 7.09. The van der Waals surface area contributed by atoms with Gasteiger partial charge in [-0.3, -0.25) is 0 Å². The summed E-state index contributed by atoms with van der Waals surface area (Å²) in [4.78, 5) is 9.48. The molecule has 0 unspecified atom stereocenters. The number of nitrogens with zero attached hydrogens (tertiary/aromatic N) is 2. The Morgan fingerprint density at radius 2 is 2.19 bits per heavy atom. The predicted octanol–water partition coefficient (Wildman–Crippen LogP) is 4.20. The van der Waals surface area contributed by atoms with Crippen molar-refractivity contribution in [1.82, 2.24) is 9.97 Å². The Morgan fingerprint density at radius 1 is 1.24 bits per heavy atom. The van der Waals surface area contributed by atoms with E-state index in [1.54, 1.807) is 17.7 Å². The fourth-order valence-electron chi connectivity index (χ4n) is 1.91. The molecule has 0 spiro atoms. The zero-order valence-corrected chi connectivity index (χ0v) is 12.7. The number of hydrogen-bond donors (Lipinski definition) is 1. The normalized spacial score (nSPS) is 10.1. The molecule has 0 saturated carbocycles. The van der Waals surface area contributed by atoms with Crippen LogP contribution in [0.15, 0.2) is 42.0 Å². The van der Waals surface area contributed by atoms with Crippen LogP contribution in [-0.2, 0) is 0 Å². The van der Waals surface area contributed by atoms with Gasteiger partial charge in [0.1, 0.15) is 17.0 Å². The standard InChI is InChI=1S/C16H12ClN3S/c17-13-6-3-5-12(10-13)4-1-2-8-18-15-14-7-9-21-16(14)20-11-19-15/h3,5-7,9-11H,2,8H2,(H,18,19,20). The second kappa shape index (κ2) is 6.57. The van der Waals surface area contributed by atoms with Gasteiger partial charge < -0.3 is 5.32 Å². The van der Waals surface area contributed by atoms with Gasteiger partial charge in [0.05, 0.1) is 5.39 Å². The van der Waals surface area contributed by atoms with Crippen LogP contribution in [0, 0.1) is 11.8 Å². The lowest BCUT2D eigenvalue weighted by Gasteiger charge is -2.03. The van der Waals surface area contributed by atoms with Gasteiger partial charge in [0.2, 0.25) is 0 Å². The Bertz CT molecular complexity index is 817. The van der Waals surface area contributed by atoms with E-state index < -0.39 is 0 Å². The van der Waals surface area contributed by atoms with E-state index in [1.807, 2.05) is 35.7 Å². The molecule has 2 aromatic heterocycles. The zero-order valence-electron chi connectivity index (χ0n) is 11.1. The van der Waals surface area contributed by atoms with Crippen molar-refractivity contribution in [2.45, 2.75) is 6.42 Å². The summed E-state index contributed by atoms with van der Waals surface area (Å²) in [7, 11) is 0. The molecule has 0 atom stereocenters. The molecule has 2 heterocycles. The molecule has 3 rings (SSSR count). The van der Waals surface area contributed by atoms with Crippen LogP contribution in [0.1, 0.15) is 12.0 Å². The highest BCUT2D eigenvalue weighted by Crippen LogP contribution is 2.23. The minimum atomic E-state index is 0.709. The summed E-state index contributed by atoms with van der Waals surface area (Å²) in [6, 6.07) is 9.58. The van der Waals surface area contributed by atoms with Crippen LogP contribution in [0.3, 0.4) is 0 Å². The number of nitrogens with one attached hydrogen (secondary N) is 1. The highest BCUT2D eigenvalue weighted by molar-refractivity contribution is 7.16. The summed E-state index contributed by atoms with van der Waals surface area (Å²) in [6.07, 6.45) is 2.32. The van der Waals surface area contributed by atoms with Crippen molar-refractivity contribution in [1.29, 1.82) is 0 Å². The number of fused-ring (bicyclic) bond motifs is 1. The molecule has 0 fully saturated rings. The van der Waals surface area contributed by atoms with E-state index >= 15 is 0 Å². The van der Waals surface area contributed by atoms with Gasteiger partial charge in [-0.1, -0.05) is 29.5 Å².